The van der Waals surface area contributed by atoms with Gasteiger partial charge >= 0.3 is 16.3 Å². The number of nitrogens with zero attached hydrogens (tertiary/aromatic N) is 3. The van der Waals surface area contributed by atoms with Gasteiger partial charge in [-0.3, -0.25) is 14.4 Å². The van der Waals surface area contributed by atoms with E-state index in [1.807, 2.05) is 53.9 Å². The third-order valence-electron chi connectivity index (χ3n) is 10.0. The highest BCUT2D eigenvalue weighted by molar-refractivity contribution is 7.88. The molecule has 2 aromatic heterocycles. The van der Waals surface area contributed by atoms with Gasteiger partial charge in [0.1, 0.15) is 35.0 Å². The number of aromatic nitrogens is 2. The minimum absolute atomic E-state index is 0.0227. The third kappa shape index (κ3) is 9.27. The van der Waals surface area contributed by atoms with Crippen molar-refractivity contribution in [2.45, 2.75) is 114 Å². The Morgan fingerprint density at radius 1 is 1.02 bits per heavy atom. The number of fused-ring (bicyclic) bond motifs is 3. The molecule has 4 N–H and O–H groups in total. The molecule has 5 atom stereocenters. The Balaban J connectivity index is 1.20. The van der Waals surface area contributed by atoms with E-state index in [1.54, 1.807) is 20.8 Å². The van der Waals surface area contributed by atoms with Crippen molar-refractivity contribution in [2.75, 3.05) is 6.54 Å². The lowest BCUT2D eigenvalue weighted by atomic mass is 10.0. The molecule has 7 rings (SSSR count). The molecular weight excluding hydrogens is 747 g/mol. The van der Waals surface area contributed by atoms with Gasteiger partial charge in [0.15, 0.2) is 0 Å². The van der Waals surface area contributed by atoms with Crippen LogP contribution in [0.1, 0.15) is 78.6 Å². The molecule has 4 aliphatic rings. The first-order chi connectivity index (χ1) is 26.2. The van der Waals surface area contributed by atoms with Crippen LogP contribution in [-0.2, 0) is 29.3 Å². The molecule has 0 radical (unpaired) electrons. The molecule has 2 aliphatic carbocycles. The molecule has 1 aromatic carbocycles. The van der Waals surface area contributed by atoms with Gasteiger partial charge < -0.3 is 25.0 Å². The van der Waals surface area contributed by atoms with Crippen LogP contribution in [0, 0.1) is 5.92 Å². The number of hydrogen-bond acceptors (Lipinski definition) is 11. The van der Waals surface area contributed by atoms with E-state index in [9.17, 15) is 27.6 Å². The Bertz CT molecular complexity index is 2080. The molecule has 4 amide bonds. The summed E-state index contributed by atoms with van der Waals surface area (Å²) in [6.45, 7) is 5.15. The molecule has 0 spiro atoms. The van der Waals surface area contributed by atoms with E-state index in [0.29, 0.717) is 48.8 Å². The first-order valence-electron chi connectivity index (χ1n) is 18.8. The average molecular weight is 794 g/mol. The maximum absolute atomic E-state index is 14.6. The predicted octanol–water partition coefficient (Wildman–Crippen LogP) is 4.11. The predicted molar refractivity (Wildman–Crippen MR) is 205 cm³/mol. The molecule has 3 fully saturated rings. The van der Waals surface area contributed by atoms with Crippen LogP contribution in [0.5, 0.6) is 5.88 Å². The number of amides is 4. The van der Waals surface area contributed by atoms with Crippen LogP contribution in [0.3, 0.4) is 0 Å². The molecule has 1 saturated heterocycles. The van der Waals surface area contributed by atoms with Crippen molar-refractivity contribution in [1.29, 1.82) is 0 Å². The summed E-state index contributed by atoms with van der Waals surface area (Å²) in [5.41, 5.74) is -0.568. The molecule has 2 saturated carbocycles. The van der Waals surface area contributed by atoms with E-state index in [0.717, 1.165) is 17.7 Å². The highest BCUT2D eigenvalue weighted by Crippen LogP contribution is 2.46. The van der Waals surface area contributed by atoms with Crippen LogP contribution in [0.15, 0.2) is 53.9 Å². The van der Waals surface area contributed by atoms with Gasteiger partial charge in [-0.1, -0.05) is 43.2 Å². The van der Waals surface area contributed by atoms with Crippen molar-refractivity contribution in [2.24, 2.45) is 5.92 Å². The second kappa shape index (κ2) is 15.5. The smallest absolute Gasteiger partial charge is 0.408 e. The number of ether oxygens (including phenoxy) is 2. The minimum Gasteiger partial charge on any atom is -0.471 e. The van der Waals surface area contributed by atoms with Crippen LogP contribution in [-0.4, -0.2) is 89.0 Å². The van der Waals surface area contributed by atoms with E-state index in [4.69, 9.17) is 19.4 Å². The fourth-order valence-corrected chi connectivity index (χ4v) is 8.94. The highest BCUT2D eigenvalue weighted by Gasteiger charge is 2.62. The van der Waals surface area contributed by atoms with Gasteiger partial charge in [0.25, 0.3) is 5.91 Å². The number of para-hydroxylation sites is 2. The number of nitrogens with one attached hydrogen (secondary N) is 4. The summed E-state index contributed by atoms with van der Waals surface area (Å²) in [6.07, 6.45) is 6.99. The molecular formula is C38H47N7O8S2. The first kappa shape index (κ1) is 38.7. The monoisotopic (exact) mass is 793 g/mol. The largest absolute Gasteiger partial charge is 0.471 e. The topological polar surface area (TPSA) is 198 Å². The second-order valence-corrected chi connectivity index (χ2v) is 18.1. The fraction of sp³-hybridized carbons (Fsp3) is 0.526. The molecule has 4 heterocycles. The van der Waals surface area contributed by atoms with Crippen LogP contribution >= 0.6 is 11.3 Å². The Labute approximate surface area is 324 Å². The average Bonchev–Trinajstić information content (AvgIpc) is 3.92. The number of rotatable bonds is 8. The van der Waals surface area contributed by atoms with Gasteiger partial charge in [-0.25, -0.2) is 19.5 Å². The number of allylic oxidation sites excluding steroid dienone is 1. The van der Waals surface area contributed by atoms with Gasteiger partial charge in [-0.2, -0.15) is 13.1 Å². The van der Waals surface area contributed by atoms with Crippen LogP contribution in [0.25, 0.3) is 21.6 Å². The number of thiophene rings is 1. The standard InChI is InChI=1S/C38H47N7O8S2/c1-37(2,3)53-36(49)41-28-15-8-6-4-5-7-12-23-21-38(23,35(48)44-55(50,51)43-24-17-18-24)42-32(46)29-20-25(22-45(29)34(28)47)52-33-31(30-16-11-19-54-30)39-26-13-9-10-14-27(26)40-33/h7,9-14,16,19,23-25,28-29,43H,4-6,8,15,17-18,20-22H2,1-3H3,(H,41,49)(H,42,46)(H,44,48)/b12-7-/t23?,25-,28+,29+,38-/m1/s1. The van der Waals surface area contributed by atoms with Crippen LogP contribution in [0.2, 0.25) is 0 Å². The van der Waals surface area contributed by atoms with Crippen molar-refractivity contribution in [3.05, 3.63) is 53.9 Å². The summed E-state index contributed by atoms with van der Waals surface area (Å²) < 4.78 is 42.3. The van der Waals surface area contributed by atoms with Crippen molar-refractivity contribution < 1.29 is 37.1 Å². The zero-order valence-corrected chi connectivity index (χ0v) is 32.7. The van der Waals surface area contributed by atoms with Gasteiger partial charge in [-0.05, 0) is 82.9 Å². The van der Waals surface area contributed by atoms with Gasteiger partial charge in [0, 0.05) is 18.4 Å². The highest BCUT2D eigenvalue weighted by atomic mass is 32.2. The number of alkyl carbamates (subject to hydrolysis) is 1. The second-order valence-electron chi connectivity index (χ2n) is 15.7. The zero-order valence-electron chi connectivity index (χ0n) is 31.1. The van der Waals surface area contributed by atoms with Crippen molar-refractivity contribution in [3.8, 4) is 16.5 Å². The van der Waals surface area contributed by atoms with Crippen LogP contribution in [0.4, 0.5) is 4.79 Å². The van der Waals surface area contributed by atoms with Gasteiger partial charge in [0.05, 0.1) is 22.5 Å². The van der Waals surface area contributed by atoms with Crippen LogP contribution < -0.4 is 24.8 Å². The molecule has 55 heavy (non-hydrogen) atoms. The molecule has 3 aromatic rings. The maximum Gasteiger partial charge on any atom is 0.408 e. The normalized spacial score (nSPS) is 26.8. The third-order valence-corrected chi connectivity index (χ3v) is 12.0. The SMILES string of the molecule is CC(C)(C)OC(=O)N[C@H]1CCCCC/C=C\C2C[C@@]2(C(=O)NS(=O)(=O)NC2CC2)NC(=O)[C@@H]2C[C@@H](Oc3nc4ccccc4nc3-c3cccs3)CN2C1=O. The van der Waals surface area contributed by atoms with Crippen molar-refractivity contribution >= 4 is 56.4 Å². The quantitative estimate of drug-likeness (QED) is 0.241. The van der Waals surface area contributed by atoms with E-state index < -0.39 is 69.3 Å². The van der Waals surface area contributed by atoms with Crippen molar-refractivity contribution in [1.82, 2.24) is 34.9 Å². The first-order valence-corrected chi connectivity index (χ1v) is 21.2. The lowest BCUT2D eigenvalue weighted by Crippen LogP contribution is -2.59. The Morgan fingerprint density at radius 3 is 2.49 bits per heavy atom. The molecule has 0 bridgehead atoms. The lowest BCUT2D eigenvalue weighted by molar-refractivity contribution is -0.141. The molecule has 1 unspecified atom stereocenters. The van der Waals surface area contributed by atoms with Gasteiger partial charge in [0.2, 0.25) is 17.7 Å². The Kier molecular flexibility index (Phi) is 10.9. The summed E-state index contributed by atoms with van der Waals surface area (Å²) in [6, 6.07) is 8.81. The number of carbonyl (C=O) groups is 4. The Morgan fingerprint density at radius 2 is 1.78 bits per heavy atom. The number of hydrogen-bond donors (Lipinski definition) is 4. The molecule has 15 nitrogen and oxygen atoms in total. The Hall–Kier alpha value is -4.61. The van der Waals surface area contributed by atoms with E-state index >= 15 is 0 Å². The number of carbonyl (C=O) groups excluding carboxylic acids is 4. The summed E-state index contributed by atoms with van der Waals surface area (Å²) in [7, 11) is -4.18. The maximum atomic E-state index is 14.6. The summed E-state index contributed by atoms with van der Waals surface area (Å²) in [5, 5.41) is 7.54. The fourth-order valence-electron chi connectivity index (χ4n) is 7.08. The summed E-state index contributed by atoms with van der Waals surface area (Å²) in [5.74, 6) is -2.23. The summed E-state index contributed by atoms with van der Waals surface area (Å²) >= 11 is 1.47. The molecule has 294 valence electrons. The minimum atomic E-state index is -4.18. The van der Waals surface area contributed by atoms with E-state index in [-0.39, 0.29) is 31.3 Å². The van der Waals surface area contributed by atoms with Crippen molar-refractivity contribution in [3.63, 3.8) is 0 Å². The van der Waals surface area contributed by atoms with E-state index in [2.05, 4.69) is 20.1 Å². The molecule has 2 aliphatic heterocycles. The summed E-state index contributed by atoms with van der Waals surface area (Å²) in [4.78, 5) is 67.6. The van der Waals surface area contributed by atoms with Gasteiger partial charge in [-0.15, -0.1) is 11.3 Å². The lowest BCUT2D eigenvalue weighted by Gasteiger charge is -2.30. The molecule has 17 heteroatoms. The van der Waals surface area contributed by atoms with E-state index in [1.165, 1.54) is 16.2 Å². The number of benzene rings is 1. The zero-order chi connectivity index (χ0) is 39.0.